The Bertz CT molecular complexity index is 2050. The Labute approximate surface area is 499 Å². The van der Waals surface area contributed by atoms with Crippen molar-refractivity contribution in [1.29, 1.82) is 0 Å². The van der Waals surface area contributed by atoms with E-state index in [0.29, 0.717) is 25.7 Å². The molecule has 0 bridgehead atoms. The molecule has 0 fully saturated rings. The van der Waals surface area contributed by atoms with Crippen LogP contribution in [0.25, 0.3) is 0 Å². The fraction of sp³-hybridized carbons (Fsp3) is 0.615. The minimum atomic E-state index is -4.94. The summed E-state index contributed by atoms with van der Waals surface area (Å²) in [6.07, 6.45) is 65.3. The molecular formula is C65H106O16P2. The second kappa shape index (κ2) is 58.1. The van der Waals surface area contributed by atoms with Crippen molar-refractivity contribution in [3.63, 3.8) is 0 Å². The fourth-order valence-corrected chi connectivity index (χ4v) is 8.80. The first-order chi connectivity index (χ1) is 40.2. The lowest BCUT2D eigenvalue weighted by Gasteiger charge is -2.21. The molecule has 0 amide bonds. The van der Waals surface area contributed by atoms with E-state index in [2.05, 4.69) is 142 Å². The van der Waals surface area contributed by atoms with Crippen LogP contribution in [0.1, 0.15) is 201 Å². The SMILES string of the molecule is CC/C=C\C/C=C\C/C=C\C/C=C\C/C=C\CCCC(=O)OCC(O)COP(=O)(O)OCC(O)COP(=O)(O)OCC(COC(=O)CCCCCC/C=C\C/C=C\C/C=C\C/C=C\CC)OC(=O)CCCCCCC/C=C\C/C=C\CCC. The first kappa shape index (κ1) is 78.7. The molecule has 0 rings (SSSR count). The number of allylic oxidation sites excluding steroid dienone is 22. The third-order valence-corrected chi connectivity index (χ3v) is 13.7. The maximum absolute atomic E-state index is 12.9. The van der Waals surface area contributed by atoms with Crippen LogP contribution in [-0.4, -0.2) is 95.9 Å². The van der Waals surface area contributed by atoms with Crippen LogP contribution in [0.2, 0.25) is 0 Å². The van der Waals surface area contributed by atoms with E-state index in [1.165, 1.54) is 0 Å². The number of aliphatic hydroxyl groups is 2. The van der Waals surface area contributed by atoms with E-state index < -0.39 is 91.5 Å². The number of aliphatic hydroxyl groups excluding tert-OH is 2. The van der Waals surface area contributed by atoms with Crippen LogP contribution < -0.4 is 0 Å². The molecule has 0 saturated carbocycles. The first-order valence-electron chi connectivity index (χ1n) is 30.5. The Kier molecular flexibility index (Phi) is 55.1. The summed E-state index contributed by atoms with van der Waals surface area (Å²) in [7, 11) is -9.80. The molecule has 5 unspecified atom stereocenters. The van der Waals surface area contributed by atoms with Crippen molar-refractivity contribution < 1.29 is 75.8 Å². The number of phosphoric acid groups is 2. The maximum Gasteiger partial charge on any atom is 0.472 e. The van der Waals surface area contributed by atoms with Gasteiger partial charge in [-0.3, -0.25) is 32.5 Å². The van der Waals surface area contributed by atoms with Gasteiger partial charge in [-0.25, -0.2) is 9.13 Å². The lowest BCUT2D eigenvalue weighted by Crippen LogP contribution is -2.30. The molecule has 0 aliphatic rings. The summed E-state index contributed by atoms with van der Waals surface area (Å²) in [5.74, 6) is -1.69. The molecular weight excluding hydrogens is 1100 g/mol. The Morgan fingerprint density at radius 1 is 0.349 bits per heavy atom. The summed E-state index contributed by atoms with van der Waals surface area (Å²) in [5.41, 5.74) is 0. The first-order valence-corrected chi connectivity index (χ1v) is 33.5. The van der Waals surface area contributed by atoms with Gasteiger partial charge in [-0.2, -0.15) is 0 Å². The lowest BCUT2D eigenvalue weighted by molar-refractivity contribution is -0.161. The van der Waals surface area contributed by atoms with Crippen LogP contribution in [0.5, 0.6) is 0 Å². The number of hydrogen-bond donors (Lipinski definition) is 4. The third-order valence-electron chi connectivity index (χ3n) is 11.8. The fourth-order valence-electron chi connectivity index (χ4n) is 7.22. The van der Waals surface area contributed by atoms with E-state index in [0.717, 1.165) is 135 Å². The number of hydrogen-bond acceptors (Lipinski definition) is 14. The molecule has 0 aromatic rings. The minimum absolute atomic E-state index is 0.0765. The van der Waals surface area contributed by atoms with Crippen LogP contribution >= 0.6 is 15.6 Å². The maximum atomic E-state index is 12.9. The van der Waals surface area contributed by atoms with E-state index in [9.17, 15) is 43.5 Å². The predicted molar refractivity (Wildman–Crippen MR) is 334 cm³/mol. The van der Waals surface area contributed by atoms with Gasteiger partial charge in [0, 0.05) is 19.3 Å². The molecule has 0 heterocycles. The van der Waals surface area contributed by atoms with Gasteiger partial charge < -0.3 is 34.2 Å². The second-order valence-electron chi connectivity index (χ2n) is 19.7. The van der Waals surface area contributed by atoms with Crippen LogP contribution in [0, 0.1) is 0 Å². The Hall–Kier alpha value is -4.31. The van der Waals surface area contributed by atoms with Crippen LogP contribution in [0.15, 0.2) is 134 Å². The molecule has 0 aliphatic heterocycles. The number of unbranched alkanes of at least 4 members (excludes halogenated alkanes) is 11. The number of phosphoric ester groups is 2. The smallest absolute Gasteiger partial charge is 0.463 e. The molecule has 472 valence electrons. The van der Waals surface area contributed by atoms with Crippen molar-refractivity contribution in [2.75, 3.05) is 39.6 Å². The quantitative estimate of drug-likeness (QED) is 0.0146. The van der Waals surface area contributed by atoms with Crippen molar-refractivity contribution in [3.05, 3.63) is 134 Å². The van der Waals surface area contributed by atoms with E-state index in [1.54, 1.807) is 0 Å². The van der Waals surface area contributed by atoms with Gasteiger partial charge in [0.1, 0.15) is 25.4 Å². The monoisotopic (exact) mass is 1200 g/mol. The molecule has 0 aromatic carbocycles. The summed E-state index contributed by atoms with van der Waals surface area (Å²) in [4.78, 5) is 58.1. The Morgan fingerprint density at radius 3 is 1.06 bits per heavy atom. The van der Waals surface area contributed by atoms with E-state index >= 15 is 0 Å². The molecule has 4 N–H and O–H groups in total. The highest BCUT2D eigenvalue weighted by molar-refractivity contribution is 7.47. The van der Waals surface area contributed by atoms with Crippen LogP contribution in [0.4, 0.5) is 0 Å². The zero-order valence-electron chi connectivity index (χ0n) is 50.6. The topological polar surface area (TPSA) is 231 Å². The Morgan fingerprint density at radius 2 is 0.651 bits per heavy atom. The summed E-state index contributed by atoms with van der Waals surface area (Å²) in [5, 5.41) is 20.5. The van der Waals surface area contributed by atoms with Gasteiger partial charge in [-0.15, -0.1) is 0 Å². The van der Waals surface area contributed by atoms with Gasteiger partial charge in [0.2, 0.25) is 0 Å². The highest BCUT2D eigenvalue weighted by Crippen LogP contribution is 2.45. The van der Waals surface area contributed by atoms with Crippen molar-refractivity contribution in [2.45, 2.75) is 219 Å². The summed E-state index contributed by atoms with van der Waals surface area (Å²) < 4.78 is 60.6. The van der Waals surface area contributed by atoms with Gasteiger partial charge in [0.15, 0.2) is 6.10 Å². The van der Waals surface area contributed by atoms with Crippen molar-refractivity contribution in [1.82, 2.24) is 0 Å². The predicted octanol–water partition coefficient (Wildman–Crippen LogP) is 16.1. The molecule has 0 radical (unpaired) electrons. The zero-order valence-corrected chi connectivity index (χ0v) is 52.3. The van der Waals surface area contributed by atoms with E-state index in [-0.39, 0.29) is 19.3 Å². The second-order valence-corrected chi connectivity index (χ2v) is 22.6. The number of ether oxygens (including phenoxy) is 3. The molecule has 0 aliphatic carbocycles. The largest absolute Gasteiger partial charge is 0.472 e. The van der Waals surface area contributed by atoms with Crippen LogP contribution in [-0.2, 0) is 55.8 Å². The van der Waals surface area contributed by atoms with Gasteiger partial charge in [0.05, 0.1) is 26.4 Å². The molecule has 0 aromatic heterocycles. The molecule has 5 atom stereocenters. The standard InChI is InChI=1S/C65H106O16P2/c1-4-7-10-13-16-19-22-25-27-29-31-34-36-39-42-45-48-51-63(68)75-54-60(66)55-77-82(71,72)78-56-61(67)57-79-83(73,74)80-59-62(81-65(70)53-50-47-44-41-38-33-24-21-18-15-12-9-6-3)58-76-64(69)52-49-46-43-40-37-35-32-30-28-26-23-20-17-14-11-8-5-2/h7-8,10-12,15-17,19-21,24-28,31-32,34-35,39,42,60-62,66-67H,4-6,9,13-14,18,22-23,29-30,33,36-38,40-41,43-59H2,1-3H3,(H,71,72)(H,73,74)/b10-7-,11-8-,15-12-,19-16-,20-17-,24-21-,27-25-,28-26-,34-31-,35-32-,42-39-. The highest BCUT2D eigenvalue weighted by atomic mass is 31.2. The highest BCUT2D eigenvalue weighted by Gasteiger charge is 2.29. The average Bonchev–Trinajstić information content (AvgIpc) is 3.46. The average molecular weight is 1210 g/mol. The van der Waals surface area contributed by atoms with Crippen molar-refractivity contribution in [2.24, 2.45) is 0 Å². The zero-order chi connectivity index (χ0) is 61.0. The number of esters is 3. The van der Waals surface area contributed by atoms with Crippen molar-refractivity contribution >= 4 is 33.6 Å². The summed E-state index contributed by atoms with van der Waals surface area (Å²) >= 11 is 0. The minimum Gasteiger partial charge on any atom is -0.463 e. The van der Waals surface area contributed by atoms with E-state index in [1.807, 2.05) is 12.2 Å². The summed E-state index contributed by atoms with van der Waals surface area (Å²) in [6.45, 7) is 2.21. The third kappa shape index (κ3) is 59.2. The molecule has 0 spiro atoms. The van der Waals surface area contributed by atoms with Gasteiger partial charge in [-0.05, 0) is 122 Å². The van der Waals surface area contributed by atoms with Gasteiger partial charge >= 0.3 is 33.6 Å². The van der Waals surface area contributed by atoms with Gasteiger partial charge in [-0.1, -0.05) is 193 Å². The van der Waals surface area contributed by atoms with E-state index in [4.69, 9.17) is 32.3 Å². The molecule has 16 nitrogen and oxygen atoms in total. The lowest BCUT2D eigenvalue weighted by atomic mass is 10.1. The van der Waals surface area contributed by atoms with Gasteiger partial charge in [0.25, 0.3) is 0 Å². The normalized spacial score (nSPS) is 15.3. The number of carbonyl (C=O) groups excluding carboxylic acids is 3. The molecule has 83 heavy (non-hydrogen) atoms. The number of rotatable bonds is 56. The molecule has 0 saturated heterocycles. The Balaban J connectivity index is 4.79. The van der Waals surface area contributed by atoms with Crippen LogP contribution in [0.3, 0.4) is 0 Å². The summed E-state index contributed by atoms with van der Waals surface area (Å²) in [6, 6.07) is 0. The van der Waals surface area contributed by atoms with Crippen molar-refractivity contribution in [3.8, 4) is 0 Å². The number of carbonyl (C=O) groups is 3. The molecule has 18 heteroatoms.